The van der Waals surface area contributed by atoms with Crippen LogP contribution in [-0.2, 0) is 0 Å². The summed E-state index contributed by atoms with van der Waals surface area (Å²) >= 11 is 1.77. The lowest BCUT2D eigenvalue weighted by atomic mass is 9.97. The lowest BCUT2D eigenvalue weighted by Gasteiger charge is -2.08. The second kappa shape index (κ2) is 8.31. The number of fused-ring (bicyclic) bond motifs is 3. The van der Waals surface area contributed by atoms with Crippen LogP contribution in [0.15, 0.2) is 125 Å². The highest BCUT2D eigenvalue weighted by Crippen LogP contribution is 2.36. The highest BCUT2D eigenvalue weighted by atomic mass is 32.2. The fraction of sp³-hybridized carbons (Fsp3) is 0.0323. The molecule has 0 amide bonds. The number of rotatable bonds is 4. The van der Waals surface area contributed by atoms with Gasteiger partial charge in [-0.25, -0.2) is 0 Å². The monoisotopic (exact) mass is 442 g/mol. The van der Waals surface area contributed by atoms with E-state index >= 15 is 0 Å². The van der Waals surface area contributed by atoms with E-state index in [9.17, 15) is 0 Å². The highest BCUT2D eigenvalue weighted by Gasteiger charge is 2.11. The quantitative estimate of drug-likeness (QED) is 0.252. The first-order chi connectivity index (χ1) is 16.3. The Balaban J connectivity index is 1.31. The molecular weight excluding hydrogens is 420 g/mol. The van der Waals surface area contributed by atoms with E-state index in [-0.39, 0.29) is 0 Å². The van der Waals surface area contributed by atoms with Gasteiger partial charge in [0, 0.05) is 21.2 Å². The Hall–Kier alpha value is -3.75. The Morgan fingerprint density at radius 3 is 1.61 bits per heavy atom. The molecule has 2 heteroatoms. The van der Waals surface area contributed by atoms with Crippen molar-refractivity contribution < 1.29 is 4.42 Å². The van der Waals surface area contributed by atoms with Crippen molar-refractivity contribution in [3.63, 3.8) is 0 Å². The van der Waals surface area contributed by atoms with Crippen LogP contribution in [0.25, 0.3) is 55.3 Å². The number of benzene rings is 5. The third kappa shape index (κ3) is 3.63. The molecular formula is C31H22OS. The summed E-state index contributed by atoms with van der Waals surface area (Å²) in [5.74, 6) is 0. The molecule has 0 N–H and O–H groups in total. The van der Waals surface area contributed by atoms with E-state index in [2.05, 4.69) is 109 Å². The molecule has 5 aromatic carbocycles. The Morgan fingerprint density at radius 1 is 0.485 bits per heavy atom. The molecule has 1 nitrogen and oxygen atoms in total. The van der Waals surface area contributed by atoms with Crippen LogP contribution < -0.4 is 0 Å². The van der Waals surface area contributed by atoms with Gasteiger partial charge in [0.1, 0.15) is 11.2 Å². The van der Waals surface area contributed by atoms with Crippen molar-refractivity contribution in [1.82, 2.24) is 0 Å². The van der Waals surface area contributed by atoms with Gasteiger partial charge in [0.2, 0.25) is 0 Å². The molecule has 0 fully saturated rings. The number of para-hydroxylation sites is 2. The van der Waals surface area contributed by atoms with Crippen LogP contribution in [0.1, 0.15) is 0 Å². The summed E-state index contributed by atoms with van der Waals surface area (Å²) in [6.45, 7) is 0. The second-order valence-electron chi connectivity index (χ2n) is 8.16. The van der Waals surface area contributed by atoms with Gasteiger partial charge in [-0.2, -0.15) is 0 Å². The van der Waals surface area contributed by atoms with Gasteiger partial charge in [-0.3, -0.25) is 0 Å². The zero-order valence-electron chi connectivity index (χ0n) is 18.3. The van der Waals surface area contributed by atoms with Crippen LogP contribution in [-0.4, -0.2) is 6.26 Å². The standard InChI is InChI=1S/C31H22OS/c1-33-26-19-17-24(18-20-26)22-11-9-21(10-12-22)23-13-15-25(16-14-23)27-6-4-7-29-28-5-2-3-8-30(28)32-31(27)29/h2-20H,1H3. The van der Waals surface area contributed by atoms with Crippen molar-refractivity contribution in [3.05, 3.63) is 115 Å². The van der Waals surface area contributed by atoms with Gasteiger partial charge in [0.05, 0.1) is 0 Å². The number of hydrogen-bond donors (Lipinski definition) is 0. The fourth-order valence-corrected chi connectivity index (χ4v) is 4.86. The number of thioether (sulfide) groups is 1. The molecule has 0 saturated heterocycles. The van der Waals surface area contributed by atoms with Gasteiger partial charge < -0.3 is 4.42 Å². The zero-order chi connectivity index (χ0) is 22.2. The van der Waals surface area contributed by atoms with Gasteiger partial charge in [0.25, 0.3) is 0 Å². The first kappa shape index (κ1) is 19.9. The van der Waals surface area contributed by atoms with E-state index in [1.54, 1.807) is 11.8 Å². The maximum absolute atomic E-state index is 6.22. The third-order valence-electron chi connectivity index (χ3n) is 6.24. The molecule has 0 radical (unpaired) electrons. The van der Waals surface area contributed by atoms with E-state index in [1.165, 1.54) is 27.1 Å². The molecule has 0 spiro atoms. The molecule has 6 rings (SSSR count). The Kier molecular flexibility index (Phi) is 5.01. The molecule has 0 aliphatic rings. The fourth-order valence-electron chi connectivity index (χ4n) is 4.46. The minimum atomic E-state index is 0.930. The Bertz CT molecular complexity index is 1560. The van der Waals surface area contributed by atoms with E-state index in [0.717, 1.165) is 33.1 Å². The largest absolute Gasteiger partial charge is 0.455 e. The maximum atomic E-state index is 6.22. The molecule has 6 aromatic rings. The maximum Gasteiger partial charge on any atom is 0.143 e. The average molecular weight is 443 g/mol. The van der Waals surface area contributed by atoms with Gasteiger partial charge in [-0.05, 0) is 52.3 Å². The van der Waals surface area contributed by atoms with Crippen LogP contribution in [0, 0.1) is 0 Å². The summed E-state index contributed by atoms with van der Waals surface area (Å²) in [4.78, 5) is 1.29. The van der Waals surface area contributed by atoms with Crippen molar-refractivity contribution in [1.29, 1.82) is 0 Å². The van der Waals surface area contributed by atoms with Gasteiger partial charge in [-0.1, -0.05) is 97.1 Å². The molecule has 33 heavy (non-hydrogen) atoms. The van der Waals surface area contributed by atoms with Crippen molar-refractivity contribution in [2.45, 2.75) is 4.90 Å². The molecule has 0 bridgehead atoms. The lowest BCUT2D eigenvalue weighted by molar-refractivity contribution is 0.670. The molecule has 0 unspecified atom stereocenters. The van der Waals surface area contributed by atoms with Crippen molar-refractivity contribution in [2.24, 2.45) is 0 Å². The van der Waals surface area contributed by atoms with Crippen LogP contribution >= 0.6 is 11.8 Å². The first-order valence-electron chi connectivity index (χ1n) is 11.1. The summed E-state index contributed by atoms with van der Waals surface area (Å²) in [6.07, 6.45) is 2.10. The molecule has 0 aliphatic heterocycles. The van der Waals surface area contributed by atoms with Crippen LogP contribution in [0.3, 0.4) is 0 Å². The van der Waals surface area contributed by atoms with Crippen LogP contribution in [0.2, 0.25) is 0 Å². The second-order valence-corrected chi connectivity index (χ2v) is 9.04. The lowest BCUT2D eigenvalue weighted by Crippen LogP contribution is -1.83. The van der Waals surface area contributed by atoms with Crippen LogP contribution in [0.4, 0.5) is 0 Å². The van der Waals surface area contributed by atoms with Crippen molar-refractivity contribution in [2.75, 3.05) is 6.26 Å². The van der Waals surface area contributed by atoms with E-state index < -0.39 is 0 Å². The highest BCUT2D eigenvalue weighted by molar-refractivity contribution is 7.98. The smallest absolute Gasteiger partial charge is 0.143 e. The normalized spacial score (nSPS) is 11.3. The number of furan rings is 1. The summed E-state index contributed by atoms with van der Waals surface area (Å²) < 4.78 is 6.22. The topological polar surface area (TPSA) is 13.1 Å². The Morgan fingerprint density at radius 2 is 1.00 bits per heavy atom. The molecule has 1 aromatic heterocycles. The van der Waals surface area contributed by atoms with Gasteiger partial charge in [0.15, 0.2) is 0 Å². The van der Waals surface area contributed by atoms with E-state index in [1.807, 2.05) is 12.1 Å². The summed E-state index contributed by atoms with van der Waals surface area (Å²) in [6, 6.07) is 40.9. The molecule has 1 heterocycles. The zero-order valence-corrected chi connectivity index (χ0v) is 19.1. The van der Waals surface area contributed by atoms with Gasteiger partial charge in [-0.15, -0.1) is 11.8 Å². The minimum absolute atomic E-state index is 0.930. The average Bonchev–Trinajstić information content (AvgIpc) is 3.28. The minimum Gasteiger partial charge on any atom is -0.455 e. The third-order valence-corrected chi connectivity index (χ3v) is 6.99. The molecule has 158 valence electrons. The summed E-state index contributed by atoms with van der Waals surface area (Å²) in [7, 11) is 0. The molecule has 0 saturated carbocycles. The van der Waals surface area contributed by atoms with Crippen LogP contribution in [0.5, 0.6) is 0 Å². The predicted molar refractivity (Wildman–Crippen MR) is 142 cm³/mol. The number of hydrogen-bond acceptors (Lipinski definition) is 2. The summed E-state index contributed by atoms with van der Waals surface area (Å²) in [5, 5.41) is 2.32. The van der Waals surface area contributed by atoms with Crippen molar-refractivity contribution >= 4 is 33.7 Å². The van der Waals surface area contributed by atoms with E-state index in [0.29, 0.717) is 0 Å². The first-order valence-corrected chi connectivity index (χ1v) is 12.3. The summed E-state index contributed by atoms with van der Waals surface area (Å²) in [5.41, 5.74) is 9.07. The SMILES string of the molecule is CSc1ccc(-c2ccc(-c3ccc(-c4cccc5c4oc4ccccc45)cc3)cc2)cc1. The van der Waals surface area contributed by atoms with E-state index in [4.69, 9.17) is 4.42 Å². The van der Waals surface area contributed by atoms with Gasteiger partial charge >= 0.3 is 0 Å². The molecule has 0 atom stereocenters. The molecule has 0 aliphatic carbocycles. The van der Waals surface area contributed by atoms with Crippen molar-refractivity contribution in [3.8, 4) is 33.4 Å². The Labute approximate surface area is 197 Å². The predicted octanol–water partition coefficient (Wildman–Crippen LogP) is 9.31.